The maximum atomic E-state index is 12.6. The van der Waals surface area contributed by atoms with Gasteiger partial charge in [0.05, 0.1) is 34.1 Å². The topological polar surface area (TPSA) is 136 Å². The van der Waals surface area contributed by atoms with Gasteiger partial charge in [0.25, 0.3) is 15.7 Å². The predicted molar refractivity (Wildman–Crippen MR) is 103 cm³/mol. The smallest absolute Gasteiger partial charge is 0.269 e. The van der Waals surface area contributed by atoms with Gasteiger partial charge in [0.1, 0.15) is 5.75 Å². The summed E-state index contributed by atoms with van der Waals surface area (Å²) in [5.74, 6) is 0.230. The number of nitrogens with one attached hydrogen (secondary N) is 1. The highest BCUT2D eigenvalue weighted by molar-refractivity contribution is 7.93. The molecule has 2 aromatic rings. The Labute approximate surface area is 162 Å². The van der Waals surface area contributed by atoms with E-state index in [1.54, 1.807) is 0 Å². The highest BCUT2D eigenvalue weighted by atomic mass is 32.2. The summed E-state index contributed by atoms with van der Waals surface area (Å²) in [6.07, 6.45) is 0.484. The Bertz CT molecular complexity index is 1110. The van der Waals surface area contributed by atoms with Crippen molar-refractivity contribution in [2.75, 3.05) is 28.4 Å². The van der Waals surface area contributed by atoms with Crippen LogP contribution in [0.5, 0.6) is 5.75 Å². The van der Waals surface area contributed by atoms with Gasteiger partial charge in [-0.2, -0.15) is 0 Å². The van der Waals surface area contributed by atoms with Crippen molar-refractivity contribution in [2.24, 2.45) is 0 Å². The summed E-state index contributed by atoms with van der Waals surface area (Å²) in [4.78, 5) is 9.91. The lowest BCUT2D eigenvalue weighted by Crippen LogP contribution is -2.25. The van der Waals surface area contributed by atoms with E-state index in [1.165, 1.54) is 29.6 Å². The number of anilines is 2. The second-order valence-corrected chi connectivity index (χ2v) is 9.68. The summed E-state index contributed by atoms with van der Waals surface area (Å²) in [6, 6.07) is 8.77. The number of nitro groups is 1. The quantitative estimate of drug-likeness (QED) is 0.549. The van der Waals surface area contributed by atoms with Crippen molar-refractivity contribution in [1.82, 2.24) is 0 Å². The van der Waals surface area contributed by atoms with Crippen LogP contribution in [0, 0.1) is 10.1 Å². The molecule has 1 saturated heterocycles. The summed E-state index contributed by atoms with van der Waals surface area (Å²) < 4.78 is 58.3. The molecule has 0 amide bonds. The van der Waals surface area contributed by atoms with Gasteiger partial charge in [-0.05, 0) is 36.8 Å². The molecular formula is C16H17N3O7S2. The number of nitro benzene ring substituents is 1. The van der Waals surface area contributed by atoms with E-state index in [-0.39, 0.29) is 27.8 Å². The zero-order chi connectivity index (χ0) is 20.5. The molecule has 3 rings (SSSR count). The highest BCUT2D eigenvalue weighted by Crippen LogP contribution is 2.34. The first-order chi connectivity index (χ1) is 13.1. The van der Waals surface area contributed by atoms with E-state index in [0.717, 1.165) is 24.3 Å². The van der Waals surface area contributed by atoms with E-state index in [1.807, 2.05) is 0 Å². The van der Waals surface area contributed by atoms with Crippen LogP contribution in [0.25, 0.3) is 0 Å². The summed E-state index contributed by atoms with van der Waals surface area (Å²) in [5.41, 5.74) is 0.137. The molecule has 0 aliphatic carbocycles. The fraction of sp³-hybridized carbons (Fsp3) is 0.250. The first-order valence-electron chi connectivity index (χ1n) is 8.10. The Balaban J connectivity index is 1.96. The summed E-state index contributed by atoms with van der Waals surface area (Å²) in [5, 5.41) is 10.7. The Morgan fingerprint density at radius 3 is 2.39 bits per heavy atom. The zero-order valence-electron chi connectivity index (χ0n) is 14.7. The molecule has 0 unspecified atom stereocenters. The van der Waals surface area contributed by atoms with Crippen molar-refractivity contribution in [3.63, 3.8) is 0 Å². The van der Waals surface area contributed by atoms with Gasteiger partial charge in [-0.1, -0.05) is 0 Å². The maximum absolute atomic E-state index is 12.6. The number of sulfonamides is 2. The van der Waals surface area contributed by atoms with E-state index in [9.17, 15) is 26.9 Å². The molecular weight excluding hydrogens is 410 g/mol. The molecule has 12 heteroatoms. The summed E-state index contributed by atoms with van der Waals surface area (Å²) >= 11 is 0. The second-order valence-electron chi connectivity index (χ2n) is 5.98. The van der Waals surface area contributed by atoms with Crippen molar-refractivity contribution >= 4 is 37.1 Å². The van der Waals surface area contributed by atoms with Crippen LogP contribution in [0.15, 0.2) is 47.4 Å². The van der Waals surface area contributed by atoms with Crippen molar-refractivity contribution in [1.29, 1.82) is 0 Å². The van der Waals surface area contributed by atoms with Crippen LogP contribution in [-0.2, 0) is 20.0 Å². The van der Waals surface area contributed by atoms with Gasteiger partial charge in [0, 0.05) is 18.7 Å². The molecule has 0 aromatic heterocycles. The largest absolute Gasteiger partial charge is 0.495 e. The van der Waals surface area contributed by atoms with Crippen molar-refractivity contribution in [2.45, 2.75) is 11.3 Å². The van der Waals surface area contributed by atoms with Gasteiger partial charge >= 0.3 is 0 Å². The van der Waals surface area contributed by atoms with Crippen molar-refractivity contribution in [3.8, 4) is 5.75 Å². The van der Waals surface area contributed by atoms with E-state index >= 15 is 0 Å². The highest BCUT2D eigenvalue weighted by Gasteiger charge is 2.29. The van der Waals surface area contributed by atoms with Crippen LogP contribution in [0.4, 0.5) is 17.1 Å². The van der Waals surface area contributed by atoms with E-state index in [0.29, 0.717) is 18.7 Å². The van der Waals surface area contributed by atoms with Crippen LogP contribution in [0.2, 0.25) is 0 Å². The number of benzene rings is 2. The number of methoxy groups -OCH3 is 1. The molecule has 1 fully saturated rings. The fourth-order valence-electron chi connectivity index (χ4n) is 2.81. The molecule has 0 saturated carbocycles. The monoisotopic (exact) mass is 427 g/mol. The van der Waals surface area contributed by atoms with E-state index in [2.05, 4.69) is 4.72 Å². The van der Waals surface area contributed by atoms with Crippen LogP contribution >= 0.6 is 0 Å². The number of nitrogens with zero attached hydrogens (tertiary/aromatic N) is 2. The minimum absolute atomic E-state index is 0.0306. The van der Waals surface area contributed by atoms with E-state index in [4.69, 9.17) is 4.74 Å². The Kier molecular flexibility index (Phi) is 5.17. The number of ether oxygens (including phenoxy) is 1. The van der Waals surface area contributed by atoms with Gasteiger partial charge in [-0.3, -0.25) is 19.1 Å². The lowest BCUT2D eigenvalue weighted by atomic mass is 10.2. The van der Waals surface area contributed by atoms with Crippen molar-refractivity contribution < 1.29 is 26.5 Å². The van der Waals surface area contributed by atoms with Gasteiger partial charge < -0.3 is 4.74 Å². The molecule has 0 radical (unpaired) electrons. The number of hydrogen-bond donors (Lipinski definition) is 1. The molecule has 1 aliphatic rings. The molecule has 28 heavy (non-hydrogen) atoms. The molecule has 1 heterocycles. The molecule has 2 aromatic carbocycles. The average Bonchev–Trinajstić information content (AvgIpc) is 3.00. The number of non-ortho nitro benzene ring substituents is 1. The summed E-state index contributed by atoms with van der Waals surface area (Å²) in [6.45, 7) is 0.309. The standard InChI is InChI=1S/C16H17N3O7S2/c1-26-16-8-5-13(18-9-2-10-27(18,22)23)11-15(16)17-28(24,25)14-6-3-12(4-7-14)19(20)21/h3-8,11,17H,2,9-10H2,1H3. The lowest BCUT2D eigenvalue weighted by Gasteiger charge is -2.19. The molecule has 150 valence electrons. The van der Waals surface area contributed by atoms with Crippen LogP contribution in [-0.4, -0.2) is 41.2 Å². The van der Waals surface area contributed by atoms with Gasteiger partial charge in [-0.15, -0.1) is 0 Å². The molecule has 0 atom stereocenters. The molecule has 1 aliphatic heterocycles. The average molecular weight is 427 g/mol. The third-order valence-electron chi connectivity index (χ3n) is 4.17. The third kappa shape index (κ3) is 3.87. The van der Waals surface area contributed by atoms with Crippen molar-refractivity contribution in [3.05, 3.63) is 52.6 Å². The Morgan fingerprint density at radius 1 is 1.18 bits per heavy atom. The number of rotatable bonds is 6. The molecule has 0 spiro atoms. The molecule has 0 bridgehead atoms. The van der Waals surface area contributed by atoms with Gasteiger partial charge in [-0.25, -0.2) is 16.8 Å². The predicted octanol–water partition coefficient (Wildman–Crippen LogP) is 1.94. The minimum Gasteiger partial charge on any atom is -0.495 e. The molecule has 1 N–H and O–H groups in total. The fourth-order valence-corrected chi connectivity index (χ4v) is 5.43. The first kappa shape index (κ1) is 19.9. The SMILES string of the molecule is COc1ccc(N2CCCS2(=O)=O)cc1NS(=O)(=O)c1ccc([N+](=O)[O-])cc1. The normalized spacial score (nSPS) is 16.0. The van der Waals surface area contributed by atoms with Crippen LogP contribution < -0.4 is 13.8 Å². The van der Waals surface area contributed by atoms with Gasteiger partial charge in [0.15, 0.2) is 0 Å². The third-order valence-corrected chi connectivity index (χ3v) is 7.42. The van der Waals surface area contributed by atoms with Gasteiger partial charge in [0.2, 0.25) is 10.0 Å². The first-order valence-corrected chi connectivity index (χ1v) is 11.2. The summed E-state index contributed by atoms with van der Waals surface area (Å²) in [7, 11) is -6.16. The van der Waals surface area contributed by atoms with Crippen LogP contribution in [0.3, 0.4) is 0 Å². The van der Waals surface area contributed by atoms with E-state index < -0.39 is 25.0 Å². The lowest BCUT2D eigenvalue weighted by molar-refractivity contribution is -0.384. The Hall–Kier alpha value is -2.86. The minimum atomic E-state index is -4.08. The molecule has 10 nitrogen and oxygen atoms in total. The second kappa shape index (κ2) is 7.28. The Morgan fingerprint density at radius 2 is 1.86 bits per heavy atom. The maximum Gasteiger partial charge on any atom is 0.269 e. The number of hydrogen-bond acceptors (Lipinski definition) is 7. The zero-order valence-corrected chi connectivity index (χ0v) is 16.4. The van der Waals surface area contributed by atoms with Crippen LogP contribution in [0.1, 0.15) is 6.42 Å².